The predicted molar refractivity (Wildman–Crippen MR) is 102 cm³/mol. The zero-order valence-electron chi connectivity index (χ0n) is 14.6. The Hall–Kier alpha value is -1.97. The third-order valence-corrected chi connectivity index (χ3v) is 6.51. The van der Waals surface area contributed by atoms with Gasteiger partial charge in [-0.2, -0.15) is 0 Å². The van der Waals surface area contributed by atoms with Gasteiger partial charge in [-0.25, -0.2) is 4.98 Å². The molecule has 1 fully saturated rings. The highest BCUT2D eigenvalue weighted by Crippen LogP contribution is 2.37. The van der Waals surface area contributed by atoms with Crippen LogP contribution in [0.1, 0.15) is 28.9 Å². The number of benzene rings is 1. The molecule has 2 aromatic rings. The van der Waals surface area contributed by atoms with Crippen LogP contribution in [0.3, 0.4) is 0 Å². The molecule has 0 spiro atoms. The van der Waals surface area contributed by atoms with Crippen LogP contribution < -0.4 is 5.32 Å². The molecule has 3 rings (SSSR count). The number of nitro benzene ring substituents is 1. The van der Waals surface area contributed by atoms with Gasteiger partial charge in [0.05, 0.1) is 9.82 Å². The number of aryl methyl sites for hydroxylation is 1. The first-order chi connectivity index (χ1) is 12.5. The molecule has 7 nitrogen and oxygen atoms in total. The van der Waals surface area contributed by atoms with E-state index < -0.39 is 4.92 Å². The van der Waals surface area contributed by atoms with Crippen LogP contribution in [-0.2, 0) is 0 Å². The number of nitrogens with one attached hydrogen (secondary N) is 1. The van der Waals surface area contributed by atoms with Crippen LogP contribution in [0.2, 0.25) is 0 Å². The second-order valence-corrected chi connectivity index (χ2v) is 8.30. The fourth-order valence-corrected chi connectivity index (χ4v) is 4.79. The van der Waals surface area contributed by atoms with Gasteiger partial charge in [0.1, 0.15) is 0 Å². The summed E-state index contributed by atoms with van der Waals surface area (Å²) in [6.07, 6.45) is 1.78. The van der Waals surface area contributed by atoms with Crippen molar-refractivity contribution < 1.29 is 9.72 Å². The van der Waals surface area contributed by atoms with Gasteiger partial charge in [-0.15, -0.1) is 11.3 Å². The molecule has 1 N–H and O–H groups in total. The van der Waals surface area contributed by atoms with E-state index in [4.69, 9.17) is 0 Å². The van der Waals surface area contributed by atoms with E-state index in [9.17, 15) is 14.9 Å². The molecule has 1 aliphatic rings. The van der Waals surface area contributed by atoms with Crippen molar-refractivity contribution >= 4 is 34.7 Å². The Morgan fingerprint density at radius 1 is 1.42 bits per heavy atom. The van der Waals surface area contributed by atoms with Gasteiger partial charge in [0, 0.05) is 41.8 Å². The Kier molecular flexibility index (Phi) is 5.90. The van der Waals surface area contributed by atoms with E-state index in [2.05, 4.69) is 10.3 Å². The molecule has 1 amide bonds. The molecule has 1 aliphatic heterocycles. The largest absolute Gasteiger partial charge is 0.339 e. The lowest BCUT2D eigenvalue weighted by Crippen LogP contribution is -2.43. The molecule has 0 atom stereocenters. The minimum atomic E-state index is -0.438. The van der Waals surface area contributed by atoms with Crippen LogP contribution in [0.4, 0.5) is 5.69 Å². The fourth-order valence-electron chi connectivity index (χ4n) is 2.91. The molecule has 138 valence electrons. The molecule has 9 heteroatoms. The summed E-state index contributed by atoms with van der Waals surface area (Å²) in [5, 5.41) is 16.6. The van der Waals surface area contributed by atoms with E-state index in [0.717, 1.165) is 22.9 Å². The summed E-state index contributed by atoms with van der Waals surface area (Å²) in [5.41, 5.74) is 1.19. The maximum absolute atomic E-state index is 12.7. The smallest absolute Gasteiger partial charge is 0.284 e. The lowest BCUT2D eigenvalue weighted by Gasteiger charge is -2.31. The summed E-state index contributed by atoms with van der Waals surface area (Å²) in [6, 6.07) is 5.12. The summed E-state index contributed by atoms with van der Waals surface area (Å²) < 4.78 is 0.749. The zero-order chi connectivity index (χ0) is 18.7. The van der Waals surface area contributed by atoms with E-state index >= 15 is 0 Å². The highest BCUT2D eigenvalue weighted by Gasteiger charge is 2.25. The number of carbonyl (C=O) groups is 1. The number of piperidine rings is 1. The number of aromatic nitrogens is 1. The summed E-state index contributed by atoms with van der Waals surface area (Å²) in [6.45, 7) is 3.20. The number of hydrogen-bond acceptors (Lipinski definition) is 7. The number of nitrogens with zero attached hydrogens (tertiary/aromatic N) is 3. The average molecular weight is 393 g/mol. The van der Waals surface area contributed by atoms with Crippen LogP contribution >= 0.6 is 23.1 Å². The Morgan fingerprint density at radius 2 is 2.15 bits per heavy atom. The van der Waals surface area contributed by atoms with E-state index in [1.54, 1.807) is 17.0 Å². The Morgan fingerprint density at radius 3 is 2.73 bits per heavy atom. The van der Waals surface area contributed by atoms with Gasteiger partial charge in [0.15, 0.2) is 4.34 Å². The molecule has 0 aliphatic carbocycles. The lowest BCUT2D eigenvalue weighted by molar-refractivity contribution is -0.387. The molecule has 0 saturated carbocycles. The van der Waals surface area contributed by atoms with Gasteiger partial charge in [-0.1, -0.05) is 11.8 Å². The van der Waals surface area contributed by atoms with Crippen molar-refractivity contribution in [3.05, 3.63) is 45.0 Å². The number of rotatable bonds is 5. The monoisotopic (exact) mass is 392 g/mol. The molecule has 0 unspecified atom stereocenters. The van der Waals surface area contributed by atoms with Crippen molar-refractivity contribution in [2.45, 2.75) is 35.0 Å². The van der Waals surface area contributed by atoms with Gasteiger partial charge in [0.25, 0.3) is 11.6 Å². The van der Waals surface area contributed by atoms with Crippen molar-refractivity contribution in [1.29, 1.82) is 0 Å². The van der Waals surface area contributed by atoms with Crippen LogP contribution in [0.25, 0.3) is 0 Å². The minimum Gasteiger partial charge on any atom is -0.339 e. The SMILES string of the molecule is CNC1CCN(C(=O)c2ccc(Sc3nc(C)cs3)c([N+](=O)[O-])c2)CC1. The fraction of sp³-hybridized carbons (Fsp3) is 0.412. The standard InChI is InChI=1S/C17H20N4O3S2/c1-11-10-25-17(19-11)26-15-4-3-12(9-14(15)21(23)24)16(22)20-7-5-13(18-2)6-8-20/h3-4,9-10,13,18H,5-8H2,1-2H3. The zero-order valence-corrected chi connectivity index (χ0v) is 16.2. The number of carbonyl (C=O) groups excluding carboxylic acids is 1. The van der Waals surface area contributed by atoms with Crippen molar-refractivity contribution in [1.82, 2.24) is 15.2 Å². The van der Waals surface area contributed by atoms with Crippen molar-refractivity contribution in [2.24, 2.45) is 0 Å². The van der Waals surface area contributed by atoms with Crippen LogP contribution in [0, 0.1) is 17.0 Å². The molecule has 1 aromatic heterocycles. The predicted octanol–water partition coefficient (Wildman–Crippen LogP) is 3.33. The topological polar surface area (TPSA) is 88.4 Å². The summed E-state index contributed by atoms with van der Waals surface area (Å²) in [7, 11) is 1.92. The van der Waals surface area contributed by atoms with Crippen molar-refractivity contribution in [2.75, 3.05) is 20.1 Å². The van der Waals surface area contributed by atoms with E-state index in [-0.39, 0.29) is 11.6 Å². The Balaban J connectivity index is 1.79. The molecule has 0 bridgehead atoms. The number of thiazole rings is 1. The summed E-state index contributed by atoms with van der Waals surface area (Å²) in [5.74, 6) is -0.149. The van der Waals surface area contributed by atoms with E-state index in [0.29, 0.717) is 29.6 Å². The minimum absolute atomic E-state index is 0.0567. The van der Waals surface area contributed by atoms with Crippen molar-refractivity contribution in [3.8, 4) is 0 Å². The molecule has 26 heavy (non-hydrogen) atoms. The van der Waals surface area contributed by atoms with Gasteiger partial charge < -0.3 is 10.2 Å². The first-order valence-corrected chi connectivity index (χ1v) is 10.0. The number of nitro groups is 1. The molecule has 1 saturated heterocycles. The molecule has 2 heterocycles. The van der Waals surface area contributed by atoms with Crippen LogP contribution in [0.15, 0.2) is 32.8 Å². The average Bonchev–Trinajstić information content (AvgIpc) is 3.06. The van der Waals surface area contributed by atoms with E-state index in [1.165, 1.54) is 29.2 Å². The number of amides is 1. The normalized spacial score (nSPS) is 15.2. The second-order valence-electron chi connectivity index (χ2n) is 6.15. The molecule has 1 aromatic carbocycles. The van der Waals surface area contributed by atoms with Gasteiger partial charge in [0.2, 0.25) is 0 Å². The first kappa shape index (κ1) is 18.8. The number of hydrogen-bond donors (Lipinski definition) is 1. The summed E-state index contributed by atoms with van der Waals surface area (Å²) in [4.78, 5) is 30.4. The van der Waals surface area contributed by atoms with Crippen LogP contribution in [-0.4, -0.2) is 46.9 Å². The van der Waals surface area contributed by atoms with Gasteiger partial charge >= 0.3 is 0 Å². The molecular formula is C17H20N4O3S2. The number of likely N-dealkylation sites (tertiary alicyclic amines) is 1. The third-order valence-electron chi connectivity index (χ3n) is 4.39. The Bertz CT molecular complexity index is 816. The van der Waals surface area contributed by atoms with Gasteiger partial charge in [-0.05, 0) is 38.9 Å². The van der Waals surface area contributed by atoms with Crippen molar-refractivity contribution in [3.63, 3.8) is 0 Å². The maximum Gasteiger partial charge on any atom is 0.284 e. The third kappa shape index (κ3) is 4.22. The highest BCUT2D eigenvalue weighted by atomic mass is 32.2. The molecular weight excluding hydrogens is 372 g/mol. The van der Waals surface area contributed by atoms with Gasteiger partial charge in [-0.3, -0.25) is 14.9 Å². The summed E-state index contributed by atoms with van der Waals surface area (Å²) >= 11 is 2.70. The second kappa shape index (κ2) is 8.15. The first-order valence-electron chi connectivity index (χ1n) is 8.33. The highest BCUT2D eigenvalue weighted by molar-refractivity contribution is 8.01. The Labute approximate surface area is 160 Å². The van der Waals surface area contributed by atoms with Crippen LogP contribution in [0.5, 0.6) is 0 Å². The maximum atomic E-state index is 12.7. The quantitative estimate of drug-likeness (QED) is 0.620. The van der Waals surface area contributed by atoms with E-state index in [1.807, 2.05) is 19.4 Å². The molecule has 0 radical (unpaired) electrons. The lowest BCUT2D eigenvalue weighted by atomic mass is 10.0.